The van der Waals surface area contributed by atoms with Crippen molar-refractivity contribution in [2.24, 2.45) is 0 Å². The summed E-state index contributed by atoms with van der Waals surface area (Å²) in [5, 5.41) is 6.60. The highest BCUT2D eigenvalue weighted by atomic mass is 32.2. The van der Waals surface area contributed by atoms with Gasteiger partial charge in [0.25, 0.3) is 5.91 Å². The van der Waals surface area contributed by atoms with E-state index in [1.807, 2.05) is 0 Å². The molecule has 2 aromatic carbocycles. The number of ether oxygens (including phenoxy) is 2. The van der Waals surface area contributed by atoms with Crippen molar-refractivity contribution in [1.29, 1.82) is 0 Å². The van der Waals surface area contributed by atoms with Gasteiger partial charge < -0.3 is 19.3 Å². The molecule has 0 aliphatic rings. The van der Waals surface area contributed by atoms with Gasteiger partial charge >= 0.3 is 0 Å². The lowest BCUT2D eigenvalue weighted by atomic mass is 10.2. The number of amides is 1. The SMILES string of the molecule is COc1ccc(-c2noc(CNC(=O)[C@H](C)Oc3ccc(N(C)S(C)(=O)=O)cc3)n2)cc1. The molecule has 1 N–H and O–H groups in total. The highest BCUT2D eigenvalue weighted by Crippen LogP contribution is 2.21. The third-order valence-corrected chi connectivity index (χ3v) is 5.82. The van der Waals surface area contributed by atoms with Gasteiger partial charge in [0.15, 0.2) is 6.10 Å². The second-order valence-electron chi connectivity index (χ2n) is 6.94. The molecule has 0 bridgehead atoms. The van der Waals surface area contributed by atoms with Crippen LogP contribution in [0.5, 0.6) is 11.5 Å². The fourth-order valence-corrected chi connectivity index (χ4v) is 3.18. The molecule has 1 amide bonds. The van der Waals surface area contributed by atoms with E-state index < -0.39 is 16.1 Å². The van der Waals surface area contributed by atoms with Crippen molar-refractivity contribution in [3.63, 3.8) is 0 Å². The van der Waals surface area contributed by atoms with Crippen LogP contribution in [0.4, 0.5) is 5.69 Å². The lowest BCUT2D eigenvalue weighted by Crippen LogP contribution is -2.36. The van der Waals surface area contributed by atoms with Crippen LogP contribution in [0.15, 0.2) is 53.1 Å². The Hall–Kier alpha value is -3.60. The van der Waals surface area contributed by atoms with Crippen LogP contribution < -0.4 is 19.1 Å². The number of carbonyl (C=O) groups excluding carboxylic acids is 1. The molecule has 32 heavy (non-hydrogen) atoms. The minimum atomic E-state index is -3.36. The average Bonchev–Trinajstić information content (AvgIpc) is 3.26. The molecule has 3 rings (SSSR count). The maximum Gasteiger partial charge on any atom is 0.261 e. The number of rotatable bonds is 9. The van der Waals surface area contributed by atoms with Crippen molar-refractivity contribution in [2.75, 3.05) is 24.7 Å². The predicted octanol–water partition coefficient (Wildman–Crippen LogP) is 2.22. The fourth-order valence-electron chi connectivity index (χ4n) is 2.67. The number of methoxy groups -OCH3 is 1. The molecule has 11 heteroatoms. The first kappa shape index (κ1) is 23.1. The Morgan fingerprint density at radius 2 is 1.75 bits per heavy atom. The number of carbonyl (C=O) groups is 1. The molecular weight excluding hydrogens is 436 g/mol. The van der Waals surface area contributed by atoms with Crippen molar-refractivity contribution in [1.82, 2.24) is 15.5 Å². The molecule has 1 aromatic heterocycles. The topological polar surface area (TPSA) is 124 Å². The zero-order chi connectivity index (χ0) is 23.3. The molecule has 0 radical (unpaired) electrons. The van der Waals surface area contributed by atoms with Gasteiger partial charge in [0.1, 0.15) is 11.5 Å². The number of aromatic nitrogens is 2. The Morgan fingerprint density at radius 1 is 1.12 bits per heavy atom. The molecule has 0 unspecified atom stereocenters. The van der Waals surface area contributed by atoms with Gasteiger partial charge in [-0.25, -0.2) is 8.42 Å². The van der Waals surface area contributed by atoms with Crippen molar-refractivity contribution < 1.29 is 27.2 Å². The zero-order valence-electron chi connectivity index (χ0n) is 18.1. The Labute approximate surface area is 186 Å². The summed E-state index contributed by atoms with van der Waals surface area (Å²) in [5.41, 5.74) is 1.25. The van der Waals surface area contributed by atoms with Crippen LogP contribution >= 0.6 is 0 Å². The van der Waals surface area contributed by atoms with E-state index >= 15 is 0 Å². The summed E-state index contributed by atoms with van der Waals surface area (Å²) < 4.78 is 40.3. The second kappa shape index (κ2) is 9.69. The molecule has 1 heterocycles. The van der Waals surface area contributed by atoms with Gasteiger partial charge in [0.05, 0.1) is 25.6 Å². The number of nitrogens with zero attached hydrogens (tertiary/aromatic N) is 3. The summed E-state index contributed by atoms with van der Waals surface area (Å²) in [5.74, 6) is 1.44. The van der Waals surface area contributed by atoms with E-state index in [4.69, 9.17) is 14.0 Å². The largest absolute Gasteiger partial charge is 0.497 e. The first-order valence-electron chi connectivity index (χ1n) is 9.62. The van der Waals surface area contributed by atoms with E-state index in [0.717, 1.165) is 21.9 Å². The summed E-state index contributed by atoms with van der Waals surface area (Å²) in [6.45, 7) is 1.65. The summed E-state index contributed by atoms with van der Waals surface area (Å²) in [7, 11) is -0.313. The van der Waals surface area contributed by atoms with Crippen LogP contribution in [-0.4, -0.2) is 51.0 Å². The van der Waals surface area contributed by atoms with E-state index in [0.29, 0.717) is 17.3 Å². The first-order chi connectivity index (χ1) is 15.2. The molecular formula is C21H24N4O6S. The number of benzene rings is 2. The van der Waals surface area contributed by atoms with E-state index in [2.05, 4.69) is 15.5 Å². The van der Waals surface area contributed by atoms with E-state index in [1.165, 1.54) is 7.05 Å². The number of hydrogen-bond donors (Lipinski definition) is 1. The smallest absolute Gasteiger partial charge is 0.261 e. The van der Waals surface area contributed by atoms with Gasteiger partial charge in [-0.1, -0.05) is 5.16 Å². The van der Waals surface area contributed by atoms with Gasteiger partial charge in [0.2, 0.25) is 21.7 Å². The van der Waals surface area contributed by atoms with Crippen LogP contribution in [0, 0.1) is 0 Å². The summed E-state index contributed by atoms with van der Waals surface area (Å²) in [6, 6.07) is 13.6. The first-order valence-corrected chi connectivity index (χ1v) is 11.5. The van der Waals surface area contributed by atoms with Crippen LogP contribution in [0.2, 0.25) is 0 Å². The minimum absolute atomic E-state index is 0.0494. The molecule has 0 fully saturated rings. The molecule has 1 atom stereocenters. The Balaban J connectivity index is 1.53. The third kappa shape index (κ3) is 5.76. The normalized spacial score (nSPS) is 12.1. The second-order valence-corrected chi connectivity index (χ2v) is 8.96. The van der Waals surface area contributed by atoms with E-state index in [1.54, 1.807) is 62.6 Å². The van der Waals surface area contributed by atoms with Crippen LogP contribution in [0.1, 0.15) is 12.8 Å². The van der Waals surface area contributed by atoms with E-state index in [-0.39, 0.29) is 18.3 Å². The molecule has 0 saturated heterocycles. The predicted molar refractivity (Wildman–Crippen MR) is 118 cm³/mol. The lowest BCUT2D eigenvalue weighted by Gasteiger charge is -2.18. The highest BCUT2D eigenvalue weighted by molar-refractivity contribution is 7.92. The van der Waals surface area contributed by atoms with Crippen LogP contribution in [-0.2, 0) is 21.4 Å². The molecule has 3 aromatic rings. The number of nitrogens with one attached hydrogen (secondary N) is 1. The highest BCUT2D eigenvalue weighted by Gasteiger charge is 2.17. The molecule has 10 nitrogen and oxygen atoms in total. The summed E-state index contributed by atoms with van der Waals surface area (Å²) >= 11 is 0. The Morgan fingerprint density at radius 3 is 2.34 bits per heavy atom. The van der Waals surface area contributed by atoms with Gasteiger partial charge in [-0.05, 0) is 55.5 Å². The van der Waals surface area contributed by atoms with Crippen LogP contribution in [0.25, 0.3) is 11.4 Å². The lowest BCUT2D eigenvalue weighted by molar-refractivity contribution is -0.127. The standard InChI is InChI=1S/C21H24N4O6S/c1-14(30-18-11-7-16(8-12-18)25(2)32(4,27)28)21(26)22-13-19-23-20(24-31-19)15-5-9-17(29-3)10-6-15/h5-12,14H,13H2,1-4H3,(H,22,26)/t14-/m0/s1. The van der Waals surface area contributed by atoms with Gasteiger partial charge in [-0.2, -0.15) is 4.98 Å². The molecule has 0 spiro atoms. The maximum absolute atomic E-state index is 12.3. The van der Waals surface area contributed by atoms with Crippen molar-refractivity contribution >= 4 is 21.6 Å². The average molecular weight is 461 g/mol. The monoisotopic (exact) mass is 460 g/mol. The van der Waals surface area contributed by atoms with E-state index in [9.17, 15) is 13.2 Å². The van der Waals surface area contributed by atoms with Gasteiger partial charge in [-0.15, -0.1) is 0 Å². The maximum atomic E-state index is 12.3. The molecule has 0 aliphatic heterocycles. The summed E-state index contributed by atoms with van der Waals surface area (Å²) in [4.78, 5) is 16.6. The molecule has 170 valence electrons. The van der Waals surface area contributed by atoms with Crippen LogP contribution in [0.3, 0.4) is 0 Å². The quantitative estimate of drug-likeness (QED) is 0.516. The number of sulfonamides is 1. The van der Waals surface area contributed by atoms with Gasteiger partial charge in [0, 0.05) is 12.6 Å². The fraction of sp³-hybridized carbons (Fsp3) is 0.286. The van der Waals surface area contributed by atoms with Crippen molar-refractivity contribution in [2.45, 2.75) is 19.6 Å². The summed E-state index contributed by atoms with van der Waals surface area (Å²) in [6.07, 6.45) is 0.324. The minimum Gasteiger partial charge on any atom is -0.497 e. The molecule has 0 saturated carbocycles. The number of hydrogen-bond acceptors (Lipinski definition) is 8. The Kier molecular flexibility index (Phi) is 6.98. The number of anilines is 1. The Bertz CT molecular complexity index is 1160. The zero-order valence-corrected chi connectivity index (χ0v) is 18.9. The van der Waals surface area contributed by atoms with Crippen molar-refractivity contribution in [3.05, 3.63) is 54.4 Å². The third-order valence-electron chi connectivity index (χ3n) is 4.61. The van der Waals surface area contributed by atoms with Gasteiger partial charge in [-0.3, -0.25) is 9.10 Å². The molecule has 0 aliphatic carbocycles. The van der Waals surface area contributed by atoms with Crippen molar-refractivity contribution in [3.8, 4) is 22.9 Å².